The first-order valence-corrected chi connectivity index (χ1v) is 7.29. The first kappa shape index (κ1) is 13.7. The Labute approximate surface area is 124 Å². The lowest BCUT2D eigenvalue weighted by Gasteiger charge is -2.14. The van der Waals surface area contributed by atoms with Gasteiger partial charge in [0, 0.05) is 5.92 Å². The molecule has 108 valence electrons. The number of phenols is 1. The molecule has 1 saturated carbocycles. The van der Waals surface area contributed by atoms with Gasteiger partial charge in [-0.25, -0.2) is 0 Å². The van der Waals surface area contributed by atoms with E-state index in [0.717, 1.165) is 17.5 Å². The minimum Gasteiger partial charge on any atom is -0.508 e. The molecule has 1 aliphatic rings. The van der Waals surface area contributed by atoms with Crippen LogP contribution in [-0.2, 0) is 4.79 Å². The molecule has 2 aromatic rings. The Kier molecular flexibility index (Phi) is 3.65. The van der Waals surface area contributed by atoms with Gasteiger partial charge in [-0.05, 0) is 42.5 Å². The van der Waals surface area contributed by atoms with Gasteiger partial charge in [-0.2, -0.15) is 0 Å². The third-order valence-corrected chi connectivity index (χ3v) is 4.11. The number of rotatable bonds is 4. The maximum Gasteiger partial charge on any atom is 0.224 e. The Balaban J connectivity index is 1.59. The maximum atomic E-state index is 12.3. The Morgan fingerprint density at radius 2 is 1.81 bits per heavy atom. The highest BCUT2D eigenvalue weighted by Crippen LogP contribution is 2.48. The van der Waals surface area contributed by atoms with Crippen molar-refractivity contribution in [3.05, 3.63) is 65.7 Å². The summed E-state index contributed by atoms with van der Waals surface area (Å²) in [4.78, 5) is 12.3. The zero-order chi connectivity index (χ0) is 14.8. The summed E-state index contributed by atoms with van der Waals surface area (Å²) >= 11 is 0. The van der Waals surface area contributed by atoms with Crippen LogP contribution in [0.25, 0.3) is 0 Å². The van der Waals surface area contributed by atoms with Gasteiger partial charge in [0.05, 0.1) is 6.04 Å². The zero-order valence-electron chi connectivity index (χ0n) is 12.0. The molecular formula is C18H19NO2. The fraction of sp³-hybridized carbons (Fsp3) is 0.278. The van der Waals surface area contributed by atoms with Gasteiger partial charge in [-0.15, -0.1) is 0 Å². The van der Waals surface area contributed by atoms with Crippen molar-refractivity contribution in [2.24, 2.45) is 5.92 Å². The van der Waals surface area contributed by atoms with Gasteiger partial charge in [0.2, 0.25) is 5.91 Å². The van der Waals surface area contributed by atoms with E-state index in [-0.39, 0.29) is 29.5 Å². The Hall–Kier alpha value is -2.29. The fourth-order valence-electron chi connectivity index (χ4n) is 2.72. The average Bonchev–Trinajstić information content (AvgIpc) is 3.29. The smallest absolute Gasteiger partial charge is 0.224 e. The Morgan fingerprint density at radius 1 is 1.14 bits per heavy atom. The highest BCUT2D eigenvalue weighted by Gasteiger charge is 2.44. The summed E-state index contributed by atoms with van der Waals surface area (Å²) in [6.07, 6.45) is 0.887. The third kappa shape index (κ3) is 3.07. The molecule has 1 aliphatic carbocycles. The summed E-state index contributed by atoms with van der Waals surface area (Å²) in [5.74, 6) is 0.719. The summed E-state index contributed by atoms with van der Waals surface area (Å²) in [5, 5.41) is 12.4. The van der Waals surface area contributed by atoms with Gasteiger partial charge < -0.3 is 10.4 Å². The number of carbonyl (C=O) groups excluding carboxylic acids is 1. The molecule has 0 heterocycles. The molecule has 2 aromatic carbocycles. The number of nitrogens with one attached hydrogen (secondary N) is 1. The van der Waals surface area contributed by atoms with Gasteiger partial charge in [0.25, 0.3) is 0 Å². The van der Waals surface area contributed by atoms with Crippen molar-refractivity contribution in [1.29, 1.82) is 0 Å². The number of hydrogen-bond acceptors (Lipinski definition) is 2. The van der Waals surface area contributed by atoms with E-state index >= 15 is 0 Å². The van der Waals surface area contributed by atoms with Crippen molar-refractivity contribution in [3.8, 4) is 5.75 Å². The van der Waals surface area contributed by atoms with Crippen LogP contribution in [0.4, 0.5) is 0 Å². The number of aromatic hydroxyl groups is 1. The van der Waals surface area contributed by atoms with Crippen LogP contribution >= 0.6 is 0 Å². The van der Waals surface area contributed by atoms with Gasteiger partial charge in [-0.3, -0.25) is 4.79 Å². The van der Waals surface area contributed by atoms with Crippen molar-refractivity contribution in [2.45, 2.75) is 25.3 Å². The molecule has 0 saturated heterocycles. The number of carbonyl (C=O) groups is 1. The highest BCUT2D eigenvalue weighted by atomic mass is 16.3. The molecule has 0 bridgehead atoms. The molecule has 3 unspecified atom stereocenters. The predicted molar refractivity (Wildman–Crippen MR) is 82.0 cm³/mol. The molecule has 21 heavy (non-hydrogen) atoms. The molecule has 3 rings (SSSR count). The highest BCUT2D eigenvalue weighted by molar-refractivity contribution is 5.83. The molecule has 0 radical (unpaired) electrons. The van der Waals surface area contributed by atoms with E-state index in [2.05, 4.69) is 5.32 Å². The summed E-state index contributed by atoms with van der Waals surface area (Å²) in [6.45, 7) is 2.01. The molecule has 2 N–H and O–H groups in total. The van der Waals surface area contributed by atoms with E-state index in [4.69, 9.17) is 0 Å². The Morgan fingerprint density at radius 3 is 2.48 bits per heavy atom. The summed E-state index contributed by atoms with van der Waals surface area (Å²) in [5.41, 5.74) is 2.24. The van der Waals surface area contributed by atoms with Crippen LogP contribution in [0, 0.1) is 5.92 Å². The van der Waals surface area contributed by atoms with E-state index in [1.807, 2.05) is 49.4 Å². The molecule has 3 atom stereocenters. The second-order valence-electron chi connectivity index (χ2n) is 5.68. The average molecular weight is 281 g/mol. The van der Waals surface area contributed by atoms with Crippen LogP contribution in [0.3, 0.4) is 0 Å². The molecule has 0 spiro atoms. The lowest BCUT2D eigenvalue weighted by atomic mass is 10.1. The monoisotopic (exact) mass is 281 g/mol. The largest absolute Gasteiger partial charge is 0.508 e. The zero-order valence-corrected chi connectivity index (χ0v) is 12.0. The molecule has 3 nitrogen and oxygen atoms in total. The number of amides is 1. The van der Waals surface area contributed by atoms with Crippen molar-refractivity contribution in [3.63, 3.8) is 0 Å². The van der Waals surface area contributed by atoms with Gasteiger partial charge >= 0.3 is 0 Å². The first-order valence-electron chi connectivity index (χ1n) is 7.29. The molecule has 3 heteroatoms. The van der Waals surface area contributed by atoms with Crippen LogP contribution < -0.4 is 5.32 Å². The Bertz CT molecular complexity index is 621. The topological polar surface area (TPSA) is 49.3 Å². The van der Waals surface area contributed by atoms with Crippen molar-refractivity contribution < 1.29 is 9.90 Å². The van der Waals surface area contributed by atoms with Crippen LogP contribution in [0.15, 0.2) is 54.6 Å². The summed E-state index contributed by atoms with van der Waals surface area (Å²) in [6, 6.07) is 17.2. The predicted octanol–water partition coefficient (Wildman–Crippen LogP) is 3.37. The van der Waals surface area contributed by atoms with Gasteiger partial charge in [-0.1, -0.05) is 42.5 Å². The van der Waals surface area contributed by atoms with E-state index < -0.39 is 0 Å². The number of hydrogen-bond donors (Lipinski definition) is 2. The lowest BCUT2D eigenvalue weighted by Crippen LogP contribution is -2.28. The van der Waals surface area contributed by atoms with Crippen LogP contribution in [-0.4, -0.2) is 11.0 Å². The molecular weight excluding hydrogens is 262 g/mol. The van der Waals surface area contributed by atoms with Crippen molar-refractivity contribution in [1.82, 2.24) is 5.32 Å². The molecule has 1 fully saturated rings. The third-order valence-electron chi connectivity index (χ3n) is 4.11. The van der Waals surface area contributed by atoms with Crippen LogP contribution in [0.2, 0.25) is 0 Å². The van der Waals surface area contributed by atoms with E-state index in [0.29, 0.717) is 0 Å². The number of benzene rings is 2. The van der Waals surface area contributed by atoms with Crippen LogP contribution in [0.5, 0.6) is 5.75 Å². The lowest BCUT2D eigenvalue weighted by molar-refractivity contribution is -0.123. The minimum absolute atomic E-state index is 0.0276. The second kappa shape index (κ2) is 5.60. The summed E-state index contributed by atoms with van der Waals surface area (Å²) < 4.78 is 0. The van der Waals surface area contributed by atoms with E-state index in [1.165, 1.54) is 0 Å². The molecule has 1 amide bonds. The maximum absolute atomic E-state index is 12.3. The fourth-order valence-corrected chi connectivity index (χ4v) is 2.72. The van der Waals surface area contributed by atoms with Crippen molar-refractivity contribution in [2.75, 3.05) is 0 Å². The van der Waals surface area contributed by atoms with E-state index in [9.17, 15) is 9.90 Å². The van der Waals surface area contributed by atoms with Gasteiger partial charge in [0.1, 0.15) is 5.75 Å². The second-order valence-corrected chi connectivity index (χ2v) is 5.68. The van der Waals surface area contributed by atoms with E-state index in [1.54, 1.807) is 12.1 Å². The summed E-state index contributed by atoms with van der Waals surface area (Å²) in [7, 11) is 0. The molecule has 0 aromatic heterocycles. The molecule has 0 aliphatic heterocycles. The quantitative estimate of drug-likeness (QED) is 0.902. The van der Waals surface area contributed by atoms with Crippen LogP contribution in [0.1, 0.15) is 36.4 Å². The first-order chi connectivity index (χ1) is 10.1. The van der Waals surface area contributed by atoms with Gasteiger partial charge in [0.15, 0.2) is 0 Å². The van der Waals surface area contributed by atoms with Crippen molar-refractivity contribution >= 4 is 5.91 Å². The standard InChI is InChI=1S/C18H19NO2/c1-12(13-5-3-2-4-6-13)19-18(21)17-11-16(17)14-7-9-15(20)10-8-14/h2-10,12,16-17,20H,11H2,1H3,(H,19,21). The number of phenolic OH excluding ortho intramolecular Hbond substituents is 1. The normalized spacial score (nSPS) is 21.6. The SMILES string of the molecule is CC(NC(=O)C1CC1c1ccc(O)cc1)c1ccccc1. The minimum atomic E-state index is 0.0276.